The summed E-state index contributed by atoms with van der Waals surface area (Å²) in [6.45, 7) is 9.61. The summed E-state index contributed by atoms with van der Waals surface area (Å²) in [5.41, 5.74) is -0.318. The minimum atomic E-state index is -1.18. The van der Waals surface area contributed by atoms with Crippen LogP contribution in [-0.2, 0) is 19.9 Å². The number of carbonyl (C=O) groups excluding carboxylic acids is 3. The Balaban J connectivity index is 1.93. The smallest absolute Gasteiger partial charge is 0.250 e. The fraction of sp³-hybridized carbons (Fsp3) is 0.550. The first-order chi connectivity index (χ1) is 12.1. The molecule has 0 saturated carbocycles. The highest BCUT2D eigenvalue weighted by Crippen LogP contribution is 2.54. The number of amides is 3. The van der Waals surface area contributed by atoms with Crippen molar-refractivity contribution in [1.82, 2.24) is 10.2 Å². The Morgan fingerprint density at radius 1 is 1.08 bits per heavy atom. The minimum Gasteiger partial charge on any atom is -0.324 e. The Kier molecular flexibility index (Phi) is 3.42. The van der Waals surface area contributed by atoms with Gasteiger partial charge in [0.05, 0.1) is 11.8 Å². The standard InChI is InChI=1S/C20H25N3O3/c1-10(2)15-13-14(17(25)23(16(13)24)19(3,4)5)20(22-15)11-8-6-7-9-12(11)21-18(20)26/h6-10,13-15,22H,1-5H3,(H,21,26)/t13-,14-,15-,20-/m0/s1. The van der Waals surface area contributed by atoms with Gasteiger partial charge in [-0.05, 0) is 32.8 Å². The maximum absolute atomic E-state index is 13.4. The van der Waals surface area contributed by atoms with E-state index in [9.17, 15) is 14.4 Å². The Morgan fingerprint density at radius 2 is 1.73 bits per heavy atom. The van der Waals surface area contributed by atoms with E-state index in [2.05, 4.69) is 10.6 Å². The second kappa shape index (κ2) is 5.16. The third kappa shape index (κ3) is 1.93. The van der Waals surface area contributed by atoms with Crippen molar-refractivity contribution >= 4 is 23.4 Å². The first kappa shape index (κ1) is 17.2. The van der Waals surface area contributed by atoms with Gasteiger partial charge in [-0.15, -0.1) is 0 Å². The van der Waals surface area contributed by atoms with Crippen LogP contribution in [0.5, 0.6) is 0 Å². The number of fused-ring (bicyclic) bond motifs is 4. The monoisotopic (exact) mass is 355 g/mol. The SMILES string of the molecule is CC(C)[C@@H]1N[C@]2(C(=O)Nc3ccccc32)[C@@H]2C(=O)N(C(C)(C)C)C(=O)[C@@H]21. The van der Waals surface area contributed by atoms with Crippen LogP contribution < -0.4 is 10.6 Å². The zero-order valence-corrected chi connectivity index (χ0v) is 15.8. The number of anilines is 1. The van der Waals surface area contributed by atoms with E-state index in [0.717, 1.165) is 5.56 Å². The predicted octanol–water partition coefficient (Wildman–Crippen LogP) is 1.86. The van der Waals surface area contributed by atoms with Crippen molar-refractivity contribution in [1.29, 1.82) is 0 Å². The molecule has 0 bridgehead atoms. The second-order valence-electron chi connectivity index (χ2n) is 8.91. The van der Waals surface area contributed by atoms with E-state index in [1.54, 1.807) is 0 Å². The van der Waals surface area contributed by atoms with Crippen molar-refractivity contribution < 1.29 is 14.4 Å². The first-order valence-corrected chi connectivity index (χ1v) is 9.17. The fourth-order valence-electron chi connectivity index (χ4n) is 4.92. The average molecular weight is 355 g/mol. The molecule has 0 aromatic heterocycles. The van der Waals surface area contributed by atoms with Gasteiger partial charge in [0.2, 0.25) is 17.7 Å². The molecule has 6 nitrogen and oxygen atoms in total. The number of para-hydroxylation sites is 1. The lowest BCUT2D eigenvalue weighted by Gasteiger charge is -2.35. The van der Waals surface area contributed by atoms with Crippen LogP contribution in [0.25, 0.3) is 0 Å². The van der Waals surface area contributed by atoms with Crippen molar-refractivity contribution in [3.63, 3.8) is 0 Å². The number of carbonyl (C=O) groups is 3. The summed E-state index contributed by atoms with van der Waals surface area (Å²) in [7, 11) is 0. The van der Waals surface area contributed by atoms with Crippen LogP contribution in [0.3, 0.4) is 0 Å². The number of nitrogens with one attached hydrogen (secondary N) is 2. The summed E-state index contributed by atoms with van der Waals surface area (Å²) in [5, 5.41) is 6.33. The van der Waals surface area contributed by atoms with Crippen molar-refractivity contribution in [2.24, 2.45) is 17.8 Å². The number of likely N-dealkylation sites (tertiary alicyclic amines) is 1. The minimum absolute atomic E-state index is 0.110. The van der Waals surface area contributed by atoms with Gasteiger partial charge in [0.1, 0.15) is 5.54 Å². The molecule has 4 atom stereocenters. The Hall–Kier alpha value is -2.21. The molecule has 0 unspecified atom stereocenters. The molecule has 26 heavy (non-hydrogen) atoms. The topological polar surface area (TPSA) is 78.5 Å². The summed E-state index contributed by atoms with van der Waals surface area (Å²) in [4.78, 5) is 41.2. The van der Waals surface area contributed by atoms with Gasteiger partial charge in [-0.2, -0.15) is 0 Å². The highest BCUT2D eigenvalue weighted by atomic mass is 16.2. The molecule has 2 saturated heterocycles. The van der Waals surface area contributed by atoms with Crippen LogP contribution in [0.4, 0.5) is 5.69 Å². The zero-order valence-electron chi connectivity index (χ0n) is 15.8. The molecule has 2 fully saturated rings. The zero-order chi connectivity index (χ0) is 19.0. The number of hydrogen-bond donors (Lipinski definition) is 2. The molecule has 138 valence electrons. The van der Waals surface area contributed by atoms with Crippen molar-refractivity contribution in [3.05, 3.63) is 29.8 Å². The molecule has 0 aliphatic carbocycles. The number of hydrogen-bond acceptors (Lipinski definition) is 4. The van der Waals surface area contributed by atoms with Crippen LogP contribution in [0.2, 0.25) is 0 Å². The van der Waals surface area contributed by atoms with Gasteiger partial charge < -0.3 is 5.32 Å². The van der Waals surface area contributed by atoms with Crippen LogP contribution in [-0.4, -0.2) is 34.2 Å². The molecule has 0 radical (unpaired) electrons. The summed E-state index contributed by atoms with van der Waals surface area (Å²) in [5.74, 6) is -1.81. The summed E-state index contributed by atoms with van der Waals surface area (Å²) >= 11 is 0. The van der Waals surface area contributed by atoms with E-state index in [0.29, 0.717) is 5.69 Å². The molecule has 3 heterocycles. The van der Waals surface area contributed by atoms with E-state index in [-0.39, 0.29) is 29.7 Å². The Morgan fingerprint density at radius 3 is 2.35 bits per heavy atom. The van der Waals surface area contributed by atoms with E-state index in [4.69, 9.17) is 0 Å². The van der Waals surface area contributed by atoms with E-state index in [1.165, 1.54) is 4.90 Å². The lowest BCUT2D eigenvalue weighted by atomic mass is 9.76. The third-order valence-corrected chi connectivity index (χ3v) is 5.95. The molecule has 6 heteroatoms. The van der Waals surface area contributed by atoms with Crippen molar-refractivity contribution in [2.45, 2.75) is 51.7 Å². The highest BCUT2D eigenvalue weighted by molar-refractivity contribution is 6.15. The molecular formula is C20H25N3O3. The second-order valence-corrected chi connectivity index (χ2v) is 8.91. The summed E-state index contributed by atoms with van der Waals surface area (Å²) < 4.78 is 0. The van der Waals surface area contributed by atoms with Crippen LogP contribution in [0.15, 0.2) is 24.3 Å². The maximum Gasteiger partial charge on any atom is 0.250 e. The average Bonchev–Trinajstić information content (AvgIpc) is 3.12. The van der Waals surface area contributed by atoms with Gasteiger partial charge in [-0.1, -0.05) is 32.0 Å². The molecule has 2 N–H and O–H groups in total. The number of imide groups is 1. The molecule has 4 rings (SSSR count). The van der Waals surface area contributed by atoms with Crippen LogP contribution in [0, 0.1) is 17.8 Å². The molecule has 3 aliphatic rings. The van der Waals surface area contributed by atoms with Gasteiger partial charge in [0.15, 0.2) is 0 Å². The van der Waals surface area contributed by atoms with Gasteiger partial charge in [0, 0.05) is 22.8 Å². The van der Waals surface area contributed by atoms with E-state index in [1.807, 2.05) is 58.9 Å². The largest absolute Gasteiger partial charge is 0.324 e. The maximum atomic E-state index is 13.4. The van der Waals surface area contributed by atoms with Crippen LogP contribution >= 0.6 is 0 Å². The molecule has 1 aromatic rings. The third-order valence-electron chi connectivity index (χ3n) is 5.95. The number of benzene rings is 1. The molecule has 3 aliphatic heterocycles. The Bertz CT molecular complexity index is 826. The predicted molar refractivity (Wildman–Crippen MR) is 97.1 cm³/mol. The molecule has 3 amide bonds. The normalized spacial score (nSPS) is 33.2. The number of nitrogens with zero attached hydrogens (tertiary/aromatic N) is 1. The quantitative estimate of drug-likeness (QED) is 0.754. The highest BCUT2D eigenvalue weighted by Gasteiger charge is 2.71. The van der Waals surface area contributed by atoms with Gasteiger partial charge in [-0.3, -0.25) is 24.6 Å². The fourth-order valence-corrected chi connectivity index (χ4v) is 4.92. The van der Waals surface area contributed by atoms with Crippen molar-refractivity contribution in [2.75, 3.05) is 5.32 Å². The lowest BCUT2D eigenvalue weighted by molar-refractivity contribution is -0.148. The van der Waals surface area contributed by atoms with E-state index < -0.39 is 22.9 Å². The van der Waals surface area contributed by atoms with Gasteiger partial charge >= 0.3 is 0 Å². The number of rotatable bonds is 1. The molecule has 1 aromatic carbocycles. The lowest BCUT2D eigenvalue weighted by Crippen LogP contribution is -2.56. The van der Waals surface area contributed by atoms with Gasteiger partial charge in [0.25, 0.3) is 0 Å². The van der Waals surface area contributed by atoms with E-state index >= 15 is 0 Å². The molecule has 1 spiro atoms. The summed E-state index contributed by atoms with van der Waals surface area (Å²) in [6.07, 6.45) is 0. The summed E-state index contributed by atoms with van der Waals surface area (Å²) in [6, 6.07) is 7.19. The first-order valence-electron chi connectivity index (χ1n) is 9.17. The van der Waals surface area contributed by atoms with Gasteiger partial charge in [-0.25, -0.2) is 0 Å². The van der Waals surface area contributed by atoms with Crippen LogP contribution in [0.1, 0.15) is 40.2 Å². The van der Waals surface area contributed by atoms with Crippen molar-refractivity contribution in [3.8, 4) is 0 Å². The molecular weight excluding hydrogens is 330 g/mol. The Labute approximate surface area is 153 Å².